The number of aliphatic hydroxyl groups is 1. The standard InChI is InChI=1S/C16H18F2N2O3/c17-10-1-2-13(18)12(7-10)14-8-11(21)9-19(14)5-6-20-15(22)3-4-16(20)23/h1-2,7,11,14,21H,3-6,8-9H2/t11-,14+/m0/s1. The third-order valence-corrected chi connectivity index (χ3v) is 4.46. The Kier molecular flexibility index (Phi) is 4.41. The number of likely N-dealkylation sites (tertiary alicyclic amines) is 2. The molecule has 1 aromatic carbocycles. The third kappa shape index (κ3) is 3.25. The van der Waals surface area contributed by atoms with E-state index >= 15 is 0 Å². The minimum absolute atomic E-state index is 0.195. The van der Waals surface area contributed by atoms with Crippen LogP contribution in [0.5, 0.6) is 0 Å². The Morgan fingerprint density at radius 3 is 2.52 bits per heavy atom. The van der Waals surface area contributed by atoms with Crippen molar-refractivity contribution in [3.8, 4) is 0 Å². The molecular weight excluding hydrogens is 306 g/mol. The Bertz CT molecular complexity index is 622. The molecule has 0 unspecified atom stereocenters. The van der Waals surface area contributed by atoms with Crippen molar-refractivity contribution in [2.24, 2.45) is 0 Å². The summed E-state index contributed by atoms with van der Waals surface area (Å²) in [6.45, 7) is 0.837. The highest BCUT2D eigenvalue weighted by Crippen LogP contribution is 2.33. The van der Waals surface area contributed by atoms with Crippen molar-refractivity contribution < 1.29 is 23.5 Å². The predicted molar refractivity (Wildman–Crippen MR) is 77.2 cm³/mol. The second-order valence-electron chi connectivity index (χ2n) is 6.01. The minimum atomic E-state index is -0.646. The lowest BCUT2D eigenvalue weighted by molar-refractivity contribution is -0.138. The Balaban J connectivity index is 1.73. The Labute approximate surface area is 132 Å². The van der Waals surface area contributed by atoms with E-state index in [1.807, 2.05) is 0 Å². The summed E-state index contributed by atoms with van der Waals surface area (Å²) in [5, 5.41) is 9.88. The van der Waals surface area contributed by atoms with E-state index in [1.54, 1.807) is 4.90 Å². The number of imide groups is 1. The molecule has 2 aliphatic rings. The number of hydrogen-bond acceptors (Lipinski definition) is 4. The van der Waals surface area contributed by atoms with Gasteiger partial charge in [0.05, 0.1) is 6.10 Å². The lowest BCUT2D eigenvalue weighted by Gasteiger charge is -2.26. The summed E-state index contributed by atoms with van der Waals surface area (Å²) in [7, 11) is 0. The van der Waals surface area contributed by atoms with Crippen LogP contribution in [0.2, 0.25) is 0 Å². The normalized spacial score (nSPS) is 25.6. The number of amides is 2. The fraction of sp³-hybridized carbons (Fsp3) is 0.500. The van der Waals surface area contributed by atoms with Crippen LogP contribution in [-0.4, -0.2) is 52.5 Å². The lowest BCUT2D eigenvalue weighted by Crippen LogP contribution is -2.38. The molecule has 0 spiro atoms. The Hall–Kier alpha value is -1.86. The van der Waals surface area contributed by atoms with Gasteiger partial charge in [-0.25, -0.2) is 8.78 Å². The van der Waals surface area contributed by atoms with Gasteiger partial charge in [0.2, 0.25) is 11.8 Å². The van der Waals surface area contributed by atoms with Crippen molar-refractivity contribution >= 4 is 11.8 Å². The Morgan fingerprint density at radius 1 is 1.13 bits per heavy atom. The van der Waals surface area contributed by atoms with E-state index in [0.29, 0.717) is 19.5 Å². The molecule has 2 fully saturated rings. The van der Waals surface area contributed by atoms with Crippen LogP contribution in [0.1, 0.15) is 30.9 Å². The molecule has 2 aliphatic heterocycles. The van der Waals surface area contributed by atoms with E-state index in [9.17, 15) is 23.5 Å². The molecule has 0 radical (unpaired) electrons. The number of aliphatic hydroxyl groups excluding tert-OH is 1. The van der Waals surface area contributed by atoms with Crippen LogP contribution < -0.4 is 0 Å². The number of benzene rings is 1. The number of hydrogen-bond donors (Lipinski definition) is 1. The highest BCUT2D eigenvalue weighted by molar-refractivity contribution is 6.01. The number of nitrogens with zero attached hydrogens (tertiary/aromatic N) is 2. The summed E-state index contributed by atoms with van der Waals surface area (Å²) in [5.41, 5.74) is 0.195. The van der Waals surface area contributed by atoms with Crippen molar-refractivity contribution in [1.29, 1.82) is 0 Å². The van der Waals surface area contributed by atoms with Gasteiger partial charge in [0.25, 0.3) is 0 Å². The molecular formula is C16H18F2N2O3. The van der Waals surface area contributed by atoms with Gasteiger partial charge >= 0.3 is 0 Å². The van der Waals surface area contributed by atoms with E-state index in [1.165, 1.54) is 4.90 Å². The number of halogens is 2. The van der Waals surface area contributed by atoms with Gasteiger partial charge in [-0.05, 0) is 24.6 Å². The topological polar surface area (TPSA) is 60.9 Å². The maximum absolute atomic E-state index is 14.0. The fourth-order valence-electron chi connectivity index (χ4n) is 3.32. The van der Waals surface area contributed by atoms with E-state index in [4.69, 9.17) is 0 Å². The second kappa shape index (κ2) is 6.33. The molecule has 2 atom stereocenters. The van der Waals surface area contributed by atoms with E-state index in [2.05, 4.69) is 0 Å². The fourth-order valence-corrected chi connectivity index (χ4v) is 3.32. The molecule has 7 heteroatoms. The smallest absolute Gasteiger partial charge is 0.229 e. The largest absolute Gasteiger partial charge is 0.392 e. The second-order valence-corrected chi connectivity index (χ2v) is 6.01. The number of carbonyl (C=O) groups is 2. The van der Waals surface area contributed by atoms with Crippen LogP contribution in [0.4, 0.5) is 8.78 Å². The monoisotopic (exact) mass is 324 g/mol. The van der Waals surface area contributed by atoms with Gasteiger partial charge in [0.1, 0.15) is 11.6 Å². The zero-order valence-corrected chi connectivity index (χ0v) is 12.5. The van der Waals surface area contributed by atoms with Gasteiger partial charge in [0.15, 0.2) is 0 Å². The third-order valence-electron chi connectivity index (χ3n) is 4.46. The van der Waals surface area contributed by atoms with Crippen molar-refractivity contribution in [2.45, 2.75) is 31.4 Å². The molecule has 1 aromatic rings. The maximum Gasteiger partial charge on any atom is 0.229 e. The highest BCUT2D eigenvalue weighted by atomic mass is 19.1. The highest BCUT2D eigenvalue weighted by Gasteiger charge is 2.35. The zero-order chi connectivity index (χ0) is 16.6. The predicted octanol–water partition coefficient (Wildman–Crippen LogP) is 1.22. The van der Waals surface area contributed by atoms with Crippen LogP contribution in [0.3, 0.4) is 0 Å². The first-order chi connectivity index (χ1) is 11.0. The molecule has 23 heavy (non-hydrogen) atoms. The van der Waals surface area contributed by atoms with Gasteiger partial charge in [-0.1, -0.05) is 0 Å². The number of β-amino-alcohol motifs (C(OH)–C–C–N with tert-alkyl or cyclic N) is 1. The van der Waals surface area contributed by atoms with Crippen molar-refractivity contribution in [3.63, 3.8) is 0 Å². The van der Waals surface area contributed by atoms with Gasteiger partial charge in [-0.3, -0.25) is 19.4 Å². The molecule has 3 rings (SSSR count). The van der Waals surface area contributed by atoms with Crippen molar-refractivity contribution in [2.75, 3.05) is 19.6 Å². The average molecular weight is 324 g/mol. The summed E-state index contributed by atoms with van der Waals surface area (Å²) in [5.74, 6) is -1.47. The van der Waals surface area contributed by atoms with E-state index < -0.39 is 23.8 Å². The molecule has 2 heterocycles. The zero-order valence-electron chi connectivity index (χ0n) is 12.5. The van der Waals surface area contributed by atoms with Gasteiger partial charge in [-0.15, -0.1) is 0 Å². The van der Waals surface area contributed by atoms with Crippen LogP contribution >= 0.6 is 0 Å². The molecule has 1 N–H and O–H groups in total. The van der Waals surface area contributed by atoms with Crippen LogP contribution in [0, 0.1) is 11.6 Å². The maximum atomic E-state index is 14.0. The number of rotatable bonds is 4. The number of carbonyl (C=O) groups excluding carboxylic acids is 2. The van der Waals surface area contributed by atoms with Crippen molar-refractivity contribution in [3.05, 3.63) is 35.4 Å². The Morgan fingerprint density at radius 2 is 1.83 bits per heavy atom. The summed E-state index contributed by atoms with van der Waals surface area (Å²) in [6.07, 6.45) is 0.0994. The van der Waals surface area contributed by atoms with Crippen LogP contribution in [0.15, 0.2) is 18.2 Å². The van der Waals surface area contributed by atoms with Crippen LogP contribution in [-0.2, 0) is 9.59 Å². The summed E-state index contributed by atoms with van der Waals surface area (Å²) in [4.78, 5) is 26.3. The molecule has 0 aliphatic carbocycles. The SMILES string of the molecule is O=C1CCC(=O)N1CCN1C[C@@H](O)C[C@@H]1c1cc(F)ccc1F. The summed E-state index contributed by atoms with van der Waals surface area (Å²) < 4.78 is 27.4. The van der Waals surface area contributed by atoms with Gasteiger partial charge in [0, 0.05) is 44.1 Å². The first-order valence-corrected chi connectivity index (χ1v) is 7.66. The van der Waals surface area contributed by atoms with Gasteiger partial charge < -0.3 is 5.11 Å². The summed E-state index contributed by atoms with van der Waals surface area (Å²) in [6, 6.07) is 2.79. The first kappa shape index (κ1) is 16.0. The van der Waals surface area contributed by atoms with Crippen LogP contribution in [0.25, 0.3) is 0 Å². The molecule has 0 saturated carbocycles. The lowest BCUT2D eigenvalue weighted by atomic mass is 10.0. The van der Waals surface area contributed by atoms with E-state index in [0.717, 1.165) is 18.2 Å². The quantitative estimate of drug-likeness (QED) is 0.846. The molecule has 0 bridgehead atoms. The minimum Gasteiger partial charge on any atom is -0.392 e. The molecule has 2 saturated heterocycles. The van der Waals surface area contributed by atoms with E-state index in [-0.39, 0.29) is 36.8 Å². The molecule has 124 valence electrons. The van der Waals surface area contributed by atoms with Gasteiger partial charge in [-0.2, -0.15) is 0 Å². The molecule has 0 aromatic heterocycles. The summed E-state index contributed by atoms with van der Waals surface area (Å²) >= 11 is 0. The molecule has 5 nitrogen and oxygen atoms in total. The van der Waals surface area contributed by atoms with Crippen molar-refractivity contribution in [1.82, 2.24) is 9.80 Å². The first-order valence-electron chi connectivity index (χ1n) is 7.66. The molecule has 2 amide bonds. The average Bonchev–Trinajstić information content (AvgIpc) is 3.03.